The summed E-state index contributed by atoms with van der Waals surface area (Å²) in [4.78, 5) is 2.33. The third kappa shape index (κ3) is 2.65. The molecule has 0 amide bonds. The number of anilines is 1. The van der Waals surface area contributed by atoms with E-state index < -0.39 is 0 Å². The molecule has 0 spiro atoms. The fourth-order valence-electron chi connectivity index (χ4n) is 3.78. The number of nitrogens with zero attached hydrogens (tertiary/aromatic N) is 2. The van der Waals surface area contributed by atoms with Crippen molar-refractivity contribution in [3.63, 3.8) is 0 Å². The summed E-state index contributed by atoms with van der Waals surface area (Å²) in [5, 5.41) is 4.40. The van der Waals surface area contributed by atoms with Gasteiger partial charge in [0.1, 0.15) is 17.6 Å². The summed E-state index contributed by atoms with van der Waals surface area (Å²) in [7, 11) is 0. The van der Waals surface area contributed by atoms with E-state index in [1.807, 2.05) is 6.26 Å². The molecule has 1 heterocycles. The molecule has 2 atom stereocenters. The molecule has 0 bridgehead atoms. The van der Waals surface area contributed by atoms with Gasteiger partial charge in [-0.15, -0.1) is 0 Å². The lowest BCUT2D eigenvalue weighted by Crippen LogP contribution is -2.25. The second-order valence-electron chi connectivity index (χ2n) is 6.56. The van der Waals surface area contributed by atoms with Gasteiger partial charge in [0.2, 0.25) is 0 Å². The number of benzene rings is 1. The second kappa shape index (κ2) is 6.15. The Morgan fingerprint density at radius 1 is 1.27 bits per heavy atom. The van der Waals surface area contributed by atoms with Gasteiger partial charge >= 0.3 is 0 Å². The molecule has 2 unspecified atom stereocenters. The SMILES string of the molecule is CCN(CC)c1conc1C1CC(C)Cc2cc(C)ccc21. The lowest BCUT2D eigenvalue weighted by Gasteiger charge is -2.31. The maximum absolute atomic E-state index is 5.37. The van der Waals surface area contributed by atoms with Crippen molar-refractivity contribution < 1.29 is 4.52 Å². The smallest absolute Gasteiger partial charge is 0.147 e. The quantitative estimate of drug-likeness (QED) is 0.829. The molecule has 0 N–H and O–H groups in total. The van der Waals surface area contributed by atoms with Gasteiger partial charge in [0.25, 0.3) is 0 Å². The van der Waals surface area contributed by atoms with Crippen molar-refractivity contribution in [3.8, 4) is 0 Å². The Morgan fingerprint density at radius 3 is 2.77 bits per heavy atom. The summed E-state index contributed by atoms with van der Waals surface area (Å²) >= 11 is 0. The number of hydrogen-bond donors (Lipinski definition) is 0. The van der Waals surface area contributed by atoms with Crippen LogP contribution in [0.2, 0.25) is 0 Å². The first-order valence-corrected chi connectivity index (χ1v) is 8.42. The normalized spacial score (nSPS) is 20.7. The zero-order chi connectivity index (χ0) is 15.7. The fraction of sp³-hybridized carbons (Fsp3) is 0.526. The first-order valence-electron chi connectivity index (χ1n) is 8.42. The summed E-state index contributed by atoms with van der Waals surface area (Å²) in [6, 6.07) is 6.86. The van der Waals surface area contributed by atoms with E-state index in [0.717, 1.165) is 30.9 Å². The molecular weight excluding hydrogens is 272 g/mol. The number of aryl methyl sites for hydroxylation is 1. The third-order valence-electron chi connectivity index (χ3n) is 4.89. The lowest BCUT2D eigenvalue weighted by molar-refractivity contribution is 0.393. The average molecular weight is 298 g/mol. The van der Waals surface area contributed by atoms with Crippen molar-refractivity contribution in [1.29, 1.82) is 0 Å². The molecule has 1 aliphatic carbocycles. The van der Waals surface area contributed by atoms with Crippen molar-refractivity contribution in [2.75, 3.05) is 18.0 Å². The maximum Gasteiger partial charge on any atom is 0.147 e. The van der Waals surface area contributed by atoms with E-state index in [1.54, 1.807) is 0 Å². The molecule has 1 aromatic carbocycles. The molecule has 0 saturated carbocycles. The topological polar surface area (TPSA) is 29.3 Å². The minimum atomic E-state index is 0.355. The number of aromatic nitrogens is 1. The summed E-state index contributed by atoms with van der Waals surface area (Å²) < 4.78 is 5.37. The molecule has 0 saturated heterocycles. The van der Waals surface area contributed by atoms with Gasteiger partial charge in [0.15, 0.2) is 0 Å². The standard InChI is InChI=1S/C19H26N2O/c1-5-21(6-2)18-12-22-20-19(18)17-11-14(4)10-15-9-13(3)7-8-16(15)17/h7-9,12,14,17H,5-6,10-11H2,1-4H3. The van der Waals surface area contributed by atoms with Gasteiger partial charge in [0.05, 0.1) is 0 Å². The van der Waals surface area contributed by atoms with E-state index in [-0.39, 0.29) is 0 Å². The lowest BCUT2D eigenvalue weighted by atomic mass is 9.75. The Kier molecular flexibility index (Phi) is 4.23. The van der Waals surface area contributed by atoms with E-state index in [9.17, 15) is 0 Å². The van der Waals surface area contributed by atoms with Crippen molar-refractivity contribution >= 4 is 5.69 Å². The van der Waals surface area contributed by atoms with Crippen LogP contribution in [0.4, 0.5) is 5.69 Å². The van der Waals surface area contributed by atoms with Crippen LogP contribution in [0.15, 0.2) is 29.0 Å². The Balaban J connectivity index is 2.05. The molecule has 0 aliphatic heterocycles. The zero-order valence-electron chi connectivity index (χ0n) is 14.1. The molecule has 1 aromatic heterocycles. The van der Waals surface area contributed by atoms with Crippen LogP contribution in [0.5, 0.6) is 0 Å². The van der Waals surface area contributed by atoms with E-state index in [1.165, 1.54) is 23.1 Å². The summed E-state index contributed by atoms with van der Waals surface area (Å²) in [5.74, 6) is 1.04. The van der Waals surface area contributed by atoms with Gasteiger partial charge in [-0.05, 0) is 50.7 Å². The predicted octanol–water partition coefficient (Wildman–Crippen LogP) is 4.54. The third-order valence-corrected chi connectivity index (χ3v) is 4.89. The van der Waals surface area contributed by atoms with Gasteiger partial charge in [-0.25, -0.2) is 0 Å². The van der Waals surface area contributed by atoms with Gasteiger partial charge in [0, 0.05) is 19.0 Å². The van der Waals surface area contributed by atoms with E-state index in [0.29, 0.717) is 11.8 Å². The van der Waals surface area contributed by atoms with Crippen LogP contribution >= 0.6 is 0 Å². The van der Waals surface area contributed by atoms with Crippen LogP contribution in [0.25, 0.3) is 0 Å². The van der Waals surface area contributed by atoms with Crippen LogP contribution in [-0.4, -0.2) is 18.2 Å². The molecule has 3 rings (SSSR count). The molecule has 2 aromatic rings. The molecule has 1 aliphatic rings. The van der Waals surface area contributed by atoms with Crippen molar-refractivity contribution in [2.24, 2.45) is 5.92 Å². The van der Waals surface area contributed by atoms with Crippen molar-refractivity contribution in [3.05, 3.63) is 46.8 Å². The molecule has 118 valence electrons. The fourth-order valence-corrected chi connectivity index (χ4v) is 3.78. The van der Waals surface area contributed by atoms with Gasteiger partial charge in [-0.1, -0.05) is 35.8 Å². The van der Waals surface area contributed by atoms with Gasteiger partial charge in [-0.2, -0.15) is 0 Å². The average Bonchev–Trinajstić information content (AvgIpc) is 2.96. The molecule has 0 fully saturated rings. The first-order chi connectivity index (χ1) is 10.6. The molecule has 3 nitrogen and oxygen atoms in total. The van der Waals surface area contributed by atoms with Crippen molar-refractivity contribution in [2.45, 2.75) is 46.5 Å². The highest BCUT2D eigenvalue weighted by Gasteiger charge is 2.30. The Bertz CT molecular complexity index is 643. The van der Waals surface area contributed by atoms with Crippen LogP contribution in [0, 0.1) is 12.8 Å². The minimum Gasteiger partial charge on any atom is -0.368 e. The van der Waals surface area contributed by atoms with E-state index >= 15 is 0 Å². The van der Waals surface area contributed by atoms with Crippen LogP contribution in [0.3, 0.4) is 0 Å². The van der Waals surface area contributed by atoms with Crippen molar-refractivity contribution in [1.82, 2.24) is 5.16 Å². The number of hydrogen-bond acceptors (Lipinski definition) is 3. The van der Waals surface area contributed by atoms with Crippen LogP contribution < -0.4 is 4.90 Å². The Labute approximate surface area is 133 Å². The molecule has 22 heavy (non-hydrogen) atoms. The predicted molar refractivity (Wildman–Crippen MR) is 90.6 cm³/mol. The summed E-state index contributed by atoms with van der Waals surface area (Å²) in [6.07, 6.45) is 4.14. The molecule has 0 radical (unpaired) electrons. The highest BCUT2D eigenvalue weighted by atomic mass is 16.5. The Hall–Kier alpha value is -1.77. The minimum absolute atomic E-state index is 0.355. The van der Waals surface area contributed by atoms with E-state index in [2.05, 4.69) is 56.0 Å². The largest absolute Gasteiger partial charge is 0.368 e. The maximum atomic E-state index is 5.37. The monoisotopic (exact) mass is 298 g/mol. The van der Waals surface area contributed by atoms with Crippen LogP contribution in [-0.2, 0) is 6.42 Å². The zero-order valence-corrected chi connectivity index (χ0v) is 14.1. The second-order valence-corrected chi connectivity index (χ2v) is 6.56. The summed E-state index contributed by atoms with van der Waals surface area (Å²) in [6.45, 7) is 10.8. The first kappa shape index (κ1) is 15.1. The van der Waals surface area contributed by atoms with Crippen LogP contribution in [0.1, 0.15) is 55.5 Å². The molecule has 3 heteroatoms. The molecular formula is C19H26N2O. The number of fused-ring (bicyclic) bond motifs is 1. The summed E-state index contributed by atoms with van der Waals surface area (Å²) in [5.41, 5.74) is 6.54. The highest BCUT2D eigenvalue weighted by molar-refractivity contribution is 5.54. The number of rotatable bonds is 4. The van der Waals surface area contributed by atoms with E-state index in [4.69, 9.17) is 4.52 Å². The van der Waals surface area contributed by atoms with Gasteiger partial charge < -0.3 is 9.42 Å². The Morgan fingerprint density at radius 2 is 2.05 bits per heavy atom. The highest BCUT2D eigenvalue weighted by Crippen LogP contribution is 2.42. The van der Waals surface area contributed by atoms with Gasteiger partial charge in [-0.3, -0.25) is 0 Å².